The van der Waals surface area contributed by atoms with Gasteiger partial charge in [0.15, 0.2) is 0 Å². The van der Waals surface area contributed by atoms with Crippen molar-refractivity contribution in [3.63, 3.8) is 0 Å². The third kappa shape index (κ3) is 5.52. The van der Waals surface area contributed by atoms with E-state index in [2.05, 4.69) is 15.9 Å². The van der Waals surface area contributed by atoms with E-state index in [1.165, 1.54) is 12.0 Å². The Bertz CT molecular complexity index is 852. The van der Waals surface area contributed by atoms with Crippen LogP contribution in [0.3, 0.4) is 0 Å². The van der Waals surface area contributed by atoms with Gasteiger partial charge in [-0.25, -0.2) is 0 Å². The number of benzene rings is 2. The van der Waals surface area contributed by atoms with Gasteiger partial charge in [0.25, 0.3) is 0 Å². The van der Waals surface area contributed by atoms with Gasteiger partial charge in [0.2, 0.25) is 5.91 Å². The second kappa shape index (κ2) is 10.2. The second-order valence-electron chi connectivity index (χ2n) is 6.68. The van der Waals surface area contributed by atoms with Crippen molar-refractivity contribution in [3.8, 4) is 0 Å². The number of hydrogen-bond donors (Lipinski definition) is 1. The Hall–Kier alpha value is -2.47. The minimum Gasteiger partial charge on any atom is -0.468 e. The first kappa shape index (κ1) is 21.8. The van der Waals surface area contributed by atoms with Crippen molar-refractivity contribution in [2.75, 3.05) is 18.6 Å². The number of nitrogens with one attached hydrogen (secondary N) is 1. The predicted molar refractivity (Wildman–Crippen MR) is 115 cm³/mol. The van der Waals surface area contributed by atoms with Gasteiger partial charge in [-0.2, -0.15) is 0 Å². The van der Waals surface area contributed by atoms with E-state index >= 15 is 0 Å². The standard InChI is InChI=1S/C22H25BrN2O3/c1-4-15(2)12-20(26)25(14-21(27)28-3)19-11-10-17(23)13-18(19)22(24)16-8-6-5-7-9-16/h5-11,13,15,24H,4,12,14H2,1-3H3. The largest absolute Gasteiger partial charge is 0.468 e. The summed E-state index contributed by atoms with van der Waals surface area (Å²) >= 11 is 3.45. The topological polar surface area (TPSA) is 70.5 Å². The van der Waals surface area contributed by atoms with Gasteiger partial charge in [-0.15, -0.1) is 0 Å². The summed E-state index contributed by atoms with van der Waals surface area (Å²) in [6.07, 6.45) is 1.19. The maximum Gasteiger partial charge on any atom is 0.325 e. The van der Waals surface area contributed by atoms with Crippen molar-refractivity contribution in [3.05, 3.63) is 64.1 Å². The van der Waals surface area contributed by atoms with Gasteiger partial charge in [0, 0.05) is 22.0 Å². The van der Waals surface area contributed by atoms with Crippen molar-refractivity contribution in [2.45, 2.75) is 26.7 Å². The summed E-state index contributed by atoms with van der Waals surface area (Å²) in [5, 5.41) is 8.67. The first-order valence-electron chi connectivity index (χ1n) is 9.18. The average Bonchev–Trinajstić information content (AvgIpc) is 2.71. The highest BCUT2D eigenvalue weighted by atomic mass is 79.9. The van der Waals surface area contributed by atoms with Crippen LogP contribution in [0.15, 0.2) is 53.0 Å². The quantitative estimate of drug-likeness (QED) is 0.469. The fourth-order valence-corrected chi connectivity index (χ4v) is 3.12. The Balaban J connectivity index is 2.51. The molecule has 0 spiro atoms. The molecule has 1 N–H and O–H groups in total. The van der Waals surface area contributed by atoms with E-state index in [9.17, 15) is 9.59 Å². The number of anilines is 1. The molecule has 5 nitrogen and oxygen atoms in total. The van der Waals surface area contributed by atoms with E-state index in [-0.39, 0.29) is 24.1 Å². The molecule has 2 aromatic carbocycles. The van der Waals surface area contributed by atoms with Crippen LogP contribution in [-0.4, -0.2) is 31.2 Å². The third-order valence-corrected chi connectivity index (χ3v) is 5.11. The summed E-state index contributed by atoms with van der Waals surface area (Å²) in [5.41, 5.74) is 2.11. The monoisotopic (exact) mass is 444 g/mol. The van der Waals surface area contributed by atoms with Gasteiger partial charge >= 0.3 is 5.97 Å². The number of amides is 1. The van der Waals surface area contributed by atoms with Crippen molar-refractivity contribution < 1.29 is 14.3 Å². The summed E-state index contributed by atoms with van der Waals surface area (Å²) in [4.78, 5) is 26.4. The van der Waals surface area contributed by atoms with Crippen LogP contribution in [0.5, 0.6) is 0 Å². The van der Waals surface area contributed by atoms with Crippen LogP contribution >= 0.6 is 15.9 Å². The van der Waals surface area contributed by atoms with Crippen molar-refractivity contribution in [2.24, 2.45) is 5.92 Å². The van der Waals surface area contributed by atoms with E-state index in [1.807, 2.05) is 44.2 Å². The number of halogens is 1. The first-order valence-corrected chi connectivity index (χ1v) is 9.97. The molecule has 0 aliphatic rings. The first-order chi connectivity index (χ1) is 13.4. The Morgan fingerprint density at radius 3 is 2.46 bits per heavy atom. The Morgan fingerprint density at radius 1 is 1.18 bits per heavy atom. The second-order valence-corrected chi connectivity index (χ2v) is 7.59. The number of methoxy groups -OCH3 is 1. The molecule has 1 amide bonds. The zero-order chi connectivity index (χ0) is 20.7. The van der Waals surface area contributed by atoms with E-state index in [4.69, 9.17) is 10.1 Å². The molecule has 0 saturated carbocycles. The molecule has 6 heteroatoms. The minimum absolute atomic E-state index is 0.163. The average molecular weight is 445 g/mol. The normalized spacial score (nSPS) is 11.6. The molecule has 0 heterocycles. The van der Waals surface area contributed by atoms with Crippen LogP contribution in [0.2, 0.25) is 0 Å². The van der Waals surface area contributed by atoms with Crippen LogP contribution in [0, 0.1) is 11.3 Å². The van der Waals surface area contributed by atoms with Crippen LogP contribution in [0.4, 0.5) is 5.69 Å². The lowest BCUT2D eigenvalue weighted by atomic mass is 9.99. The lowest BCUT2D eigenvalue weighted by Crippen LogP contribution is -2.38. The van der Waals surface area contributed by atoms with Crippen molar-refractivity contribution in [1.82, 2.24) is 0 Å². The molecular formula is C22H25BrN2O3. The fraction of sp³-hybridized carbons (Fsp3) is 0.318. The molecule has 0 aromatic heterocycles. The molecule has 1 unspecified atom stereocenters. The number of carbonyl (C=O) groups excluding carboxylic acids is 2. The number of nitrogens with zero attached hydrogens (tertiary/aromatic N) is 1. The highest BCUT2D eigenvalue weighted by molar-refractivity contribution is 9.10. The van der Waals surface area contributed by atoms with Gasteiger partial charge in [0.05, 0.1) is 18.5 Å². The Morgan fingerprint density at radius 2 is 1.86 bits per heavy atom. The molecule has 1 atom stereocenters. The molecule has 0 aliphatic heterocycles. The molecule has 2 aromatic rings. The third-order valence-electron chi connectivity index (χ3n) is 4.62. The van der Waals surface area contributed by atoms with E-state index in [0.29, 0.717) is 17.7 Å². The highest BCUT2D eigenvalue weighted by Crippen LogP contribution is 2.28. The molecule has 0 aliphatic carbocycles. The molecule has 2 rings (SSSR count). The molecule has 0 radical (unpaired) electrons. The Labute approximate surface area is 174 Å². The SMILES string of the molecule is CCC(C)CC(=O)N(CC(=O)OC)c1ccc(Br)cc1C(=N)c1ccccc1. The highest BCUT2D eigenvalue weighted by Gasteiger charge is 2.25. The summed E-state index contributed by atoms with van der Waals surface area (Å²) < 4.78 is 5.59. The van der Waals surface area contributed by atoms with Crippen LogP contribution in [0.25, 0.3) is 0 Å². The van der Waals surface area contributed by atoms with Crippen LogP contribution in [0.1, 0.15) is 37.8 Å². The molecule has 0 saturated heterocycles. The maximum absolute atomic E-state index is 13.0. The maximum atomic E-state index is 13.0. The fourth-order valence-electron chi connectivity index (χ4n) is 2.76. The number of ether oxygens (including phenoxy) is 1. The van der Waals surface area contributed by atoms with E-state index < -0.39 is 5.97 Å². The summed E-state index contributed by atoms with van der Waals surface area (Å²) in [7, 11) is 1.30. The summed E-state index contributed by atoms with van der Waals surface area (Å²) in [5.74, 6) is -0.470. The lowest BCUT2D eigenvalue weighted by molar-refractivity contribution is -0.140. The van der Waals surface area contributed by atoms with Gasteiger partial charge in [0.1, 0.15) is 6.54 Å². The lowest BCUT2D eigenvalue weighted by Gasteiger charge is -2.26. The van der Waals surface area contributed by atoms with Crippen molar-refractivity contribution in [1.29, 1.82) is 5.41 Å². The number of hydrogen-bond acceptors (Lipinski definition) is 4. The van der Waals surface area contributed by atoms with Gasteiger partial charge < -0.3 is 9.64 Å². The van der Waals surface area contributed by atoms with Gasteiger partial charge in [-0.1, -0.05) is 66.5 Å². The summed E-state index contributed by atoms with van der Waals surface area (Å²) in [6, 6.07) is 14.7. The molecule has 148 valence electrons. The minimum atomic E-state index is -0.502. The molecule has 0 fully saturated rings. The predicted octanol–water partition coefficient (Wildman–Crippen LogP) is 4.81. The van der Waals surface area contributed by atoms with E-state index in [0.717, 1.165) is 16.5 Å². The molecule has 0 bridgehead atoms. The number of esters is 1. The molecular weight excluding hydrogens is 420 g/mol. The van der Waals surface area contributed by atoms with E-state index in [1.54, 1.807) is 18.2 Å². The van der Waals surface area contributed by atoms with Crippen LogP contribution in [-0.2, 0) is 14.3 Å². The zero-order valence-corrected chi connectivity index (χ0v) is 18.0. The number of rotatable bonds is 8. The van der Waals surface area contributed by atoms with Gasteiger partial charge in [-0.05, 0) is 24.1 Å². The Kier molecular flexibility index (Phi) is 7.93. The van der Waals surface area contributed by atoms with Crippen molar-refractivity contribution >= 4 is 39.2 Å². The van der Waals surface area contributed by atoms with Gasteiger partial charge in [-0.3, -0.25) is 15.0 Å². The number of carbonyl (C=O) groups is 2. The smallest absolute Gasteiger partial charge is 0.325 e. The molecule has 28 heavy (non-hydrogen) atoms. The summed E-state index contributed by atoms with van der Waals surface area (Å²) in [6.45, 7) is 3.84. The zero-order valence-electron chi connectivity index (χ0n) is 16.4. The van der Waals surface area contributed by atoms with Crippen LogP contribution < -0.4 is 4.90 Å².